The van der Waals surface area contributed by atoms with E-state index in [9.17, 15) is 19.5 Å². The highest BCUT2D eigenvalue weighted by molar-refractivity contribution is 8.02. The molecule has 1 spiro atoms. The normalized spacial score (nSPS) is 31.6. The molecule has 4 rings (SSSR count). The van der Waals surface area contributed by atoms with Crippen LogP contribution < -0.4 is 15.4 Å². The Morgan fingerprint density at radius 3 is 2.39 bits per heavy atom. The number of hydrogen-bond acceptors (Lipinski definition) is 6. The number of thioether (sulfide) groups is 1. The maximum atomic E-state index is 14.1. The van der Waals surface area contributed by atoms with Crippen LogP contribution in [0.2, 0.25) is 0 Å². The Balaban J connectivity index is 1.70. The summed E-state index contributed by atoms with van der Waals surface area (Å²) < 4.78 is 4.34. The summed E-state index contributed by atoms with van der Waals surface area (Å²) in [5.74, 6) is -1.14. The molecule has 3 N–H and O–H groups in total. The van der Waals surface area contributed by atoms with Crippen LogP contribution in [-0.2, 0) is 14.4 Å². The molecular formula is C27H39N3O5S. The standard InChI is InChI=1S/C27H39N3O5S/c1-7-35-18-10-8-17(9-11-18)29-23(32)20-21-25(34)30(19(14-31)15(2)3)22(24(33)28-16(4)5)27(21)13-12-26(20,6)36-27/h8-11,15-16,19-22,31H,7,12-14H2,1-6H3,(H,28,33)(H,29,32)/t19-,20+,21-,22?,26-,27?/m0/s1. The molecule has 8 nitrogen and oxygen atoms in total. The molecule has 198 valence electrons. The molecule has 1 aromatic carbocycles. The number of carbonyl (C=O) groups excluding carboxylic acids is 3. The lowest BCUT2D eigenvalue weighted by Gasteiger charge is -2.38. The van der Waals surface area contributed by atoms with Gasteiger partial charge in [-0.15, -0.1) is 11.8 Å². The van der Waals surface area contributed by atoms with E-state index in [4.69, 9.17) is 4.74 Å². The Hall–Kier alpha value is -2.26. The number of benzene rings is 1. The van der Waals surface area contributed by atoms with Gasteiger partial charge in [0.25, 0.3) is 0 Å². The average Bonchev–Trinajstić information content (AvgIpc) is 3.36. The number of hydrogen-bond donors (Lipinski definition) is 3. The second kappa shape index (κ2) is 9.89. The maximum Gasteiger partial charge on any atom is 0.244 e. The predicted octanol–water partition coefficient (Wildman–Crippen LogP) is 3.05. The van der Waals surface area contributed by atoms with Gasteiger partial charge in [-0.25, -0.2) is 0 Å². The third-order valence-electron chi connectivity index (χ3n) is 7.92. The SMILES string of the molecule is CCOc1ccc(NC(=O)[C@H]2[C@H]3C(=O)N([C@@H](CO)C(C)C)C(C(=O)NC(C)C)C34CC[C@]2(C)S4)cc1. The van der Waals surface area contributed by atoms with Crippen molar-refractivity contribution < 1.29 is 24.2 Å². The Morgan fingerprint density at radius 2 is 1.83 bits per heavy atom. The minimum atomic E-state index is -0.730. The summed E-state index contributed by atoms with van der Waals surface area (Å²) in [7, 11) is 0. The lowest BCUT2D eigenvalue weighted by molar-refractivity contribution is -0.143. The van der Waals surface area contributed by atoms with E-state index < -0.39 is 33.4 Å². The van der Waals surface area contributed by atoms with Crippen molar-refractivity contribution in [2.24, 2.45) is 17.8 Å². The van der Waals surface area contributed by atoms with Gasteiger partial charge in [-0.1, -0.05) is 13.8 Å². The van der Waals surface area contributed by atoms with Crippen molar-refractivity contribution in [1.82, 2.24) is 10.2 Å². The van der Waals surface area contributed by atoms with E-state index in [0.717, 1.165) is 12.2 Å². The van der Waals surface area contributed by atoms with Crippen LogP contribution in [0.5, 0.6) is 5.75 Å². The van der Waals surface area contributed by atoms with Gasteiger partial charge in [-0.05, 0) is 70.7 Å². The predicted molar refractivity (Wildman–Crippen MR) is 141 cm³/mol. The average molecular weight is 518 g/mol. The fraction of sp³-hybridized carbons (Fsp3) is 0.667. The monoisotopic (exact) mass is 517 g/mol. The first-order chi connectivity index (χ1) is 17.0. The van der Waals surface area contributed by atoms with Gasteiger partial charge in [0.1, 0.15) is 11.8 Å². The van der Waals surface area contributed by atoms with Crippen molar-refractivity contribution in [1.29, 1.82) is 0 Å². The van der Waals surface area contributed by atoms with E-state index >= 15 is 0 Å². The molecule has 3 heterocycles. The first-order valence-corrected chi connectivity index (χ1v) is 13.8. The molecule has 0 aliphatic carbocycles. The Bertz CT molecular complexity index is 1020. The Kier molecular flexibility index (Phi) is 7.36. The van der Waals surface area contributed by atoms with Crippen LogP contribution in [0, 0.1) is 17.8 Å². The summed E-state index contributed by atoms with van der Waals surface area (Å²) in [5.41, 5.74) is 0.640. The molecule has 0 aromatic heterocycles. The number of likely N-dealkylation sites (tertiary alicyclic amines) is 1. The highest BCUT2D eigenvalue weighted by Crippen LogP contribution is 2.71. The molecule has 3 saturated heterocycles. The van der Waals surface area contributed by atoms with Crippen LogP contribution in [0.3, 0.4) is 0 Å². The summed E-state index contributed by atoms with van der Waals surface area (Å²) in [6.07, 6.45) is 1.42. The molecule has 3 aliphatic heterocycles. The van der Waals surface area contributed by atoms with Gasteiger partial charge in [-0.2, -0.15) is 0 Å². The molecule has 9 heteroatoms. The topological polar surface area (TPSA) is 108 Å². The first-order valence-electron chi connectivity index (χ1n) is 13.0. The molecule has 0 radical (unpaired) electrons. The summed E-state index contributed by atoms with van der Waals surface area (Å²) in [4.78, 5) is 43.1. The van der Waals surface area contributed by atoms with Crippen molar-refractivity contribution >= 4 is 35.2 Å². The second-order valence-corrected chi connectivity index (χ2v) is 13.0. The van der Waals surface area contributed by atoms with Crippen LogP contribution in [0.4, 0.5) is 5.69 Å². The van der Waals surface area contributed by atoms with Crippen molar-refractivity contribution in [2.75, 3.05) is 18.5 Å². The molecule has 1 aromatic rings. The largest absolute Gasteiger partial charge is 0.494 e. The fourth-order valence-electron chi connectivity index (χ4n) is 6.43. The van der Waals surface area contributed by atoms with Crippen molar-refractivity contribution in [3.8, 4) is 5.75 Å². The van der Waals surface area contributed by atoms with Gasteiger partial charge < -0.3 is 25.4 Å². The zero-order valence-corrected chi connectivity index (χ0v) is 22.9. The fourth-order valence-corrected chi connectivity index (χ4v) is 8.77. The molecule has 3 fully saturated rings. The van der Waals surface area contributed by atoms with E-state index in [1.807, 2.05) is 41.5 Å². The molecular weight excluding hydrogens is 478 g/mol. The quantitative estimate of drug-likeness (QED) is 0.465. The third-order valence-corrected chi connectivity index (χ3v) is 9.91. The van der Waals surface area contributed by atoms with Crippen LogP contribution in [0.15, 0.2) is 24.3 Å². The summed E-state index contributed by atoms with van der Waals surface area (Å²) in [5, 5.41) is 16.3. The number of amides is 3. The van der Waals surface area contributed by atoms with Crippen molar-refractivity contribution in [3.05, 3.63) is 24.3 Å². The maximum absolute atomic E-state index is 14.1. The molecule has 2 bridgehead atoms. The molecule has 3 aliphatic rings. The zero-order valence-electron chi connectivity index (χ0n) is 22.0. The van der Waals surface area contributed by atoms with Gasteiger partial charge in [0.2, 0.25) is 17.7 Å². The minimum absolute atomic E-state index is 0.0440. The Morgan fingerprint density at radius 1 is 1.17 bits per heavy atom. The highest BCUT2D eigenvalue weighted by Gasteiger charge is 2.77. The van der Waals surface area contributed by atoms with Gasteiger partial charge in [0.05, 0.1) is 35.8 Å². The number of anilines is 1. The lowest BCUT2D eigenvalue weighted by atomic mass is 9.66. The van der Waals surface area contributed by atoms with E-state index in [0.29, 0.717) is 18.7 Å². The number of carbonyl (C=O) groups is 3. The van der Waals surface area contributed by atoms with E-state index in [1.54, 1.807) is 40.9 Å². The molecule has 0 saturated carbocycles. The number of fused-ring (bicyclic) bond motifs is 1. The number of nitrogens with zero attached hydrogens (tertiary/aromatic N) is 1. The lowest BCUT2D eigenvalue weighted by Crippen LogP contribution is -2.58. The molecule has 3 amide bonds. The number of aliphatic hydroxyl groups is 1. The summed E-state index contributed by atoms with van der Waals surface area (Å²) in [6.45, 7) is 12.0. The summed E-state index contributed by atoms with van der Waals surface area (Å²) in [6, 6.07) is 5.89. The van der Waals surface area contributed by atoms with Gasteiger partial charge in [0, 0.05) is 16.5 Å². The van der Waals surface area contributed by atoms with Crippen LogP contribution in [0.1, 0.15) is 54.4 Å². The van der Waals surface area contributed by atoms with Crippen molar-refractivity contribution in [2.45, 2.75) is 82.0 Å². The van der Waals surface area contributed by atoms with Gasteiger partial charge >= 0.3 is 0 Å². The number of rotatable bonds is 9. The first kappa shape index (κ1) is 26.8. The Labute approximate surface area is 217 Å². The number of ether oxygens (including phenoxy) is 1. The van der Waals surface area contributed by atoms with Gasteiger partial charge in [-0.3, -0.25) is 14.4 Å². The van der Waals surface area contributed by atoms with Crippen molar-refractivity contribution in [3.63, 3.8) is 0 Å². The third kappa shape index (κ3) is 4.28. The number of aliphatic hydroxyl groups excluding tert-OH is 1. The van der Waals surface area contributed by atoms with E-state index in [2.05, 4.69) is 10.6 Å². The smallest absolute Gasteiger partial charge is 0.244 e. The summed E-state index contributed by atoms with van der Waals surface area (Å²) >= 11 is 1.63. The van der Waals surface area contributed by atoms with Crippen LogP contribution in [-0.4, -0.2) is 68.6 Å². The minimum Gasteiger partial charge on any atom is -0.494 e. The molecule has 6 atom stereocenters. The van der Waals surface area contributed by atoms with Crippen LogP contribution >= 0.6 is 11.8 Å². The van der Waals surface area contributed by atoms with Gasteiger partial charge in [0.15, 0.2) is 0 Å². The number of nitrogens with one attached hydrogen (secondary N) is 2. The van der Waals surface area contributed by atoms with Crippen LogP contribution in [0.25, 0.3) is 0 Å². The zero-order chi connectivity index (χ0) is 26.4. The van der Waals surface area contributed by atoms with E-state index in [-0.39, 0.29) is 36.3 Å². The molecule has 36 heavy (non-hydrogen) atoms. The highest BCUT2D eigenvalue weighted by atomic mass is 32.2. The second-order valence-electron chi connectivity index (χ2n) is 11.1. The van der Waals surface area contributed by atoms with E-state index in [1.165, 1.54) is 0 Å². The molecule has 2 unspecified atom stereocenters.